The van der Waals surface area contributed by atoms with Crippen LogP contribution in [0.5, 0.6) is 0 Å². The van der Waals surface area contributed by atoms with Gasteiger partial charge in [-0.05, 0) is 60.7 Å². The normalized spacial score (nSPS) is 16.6. The van der Waals surface area contributed by atoms with E-state index in [1.807, 2.05) is 48.7 Å². The van der Waals surface area contributed by atoms with Gasteiger partial charge in [0.05, 0.1) is 17.5 Å². The quantitative estimate of drug-likeness (QED) is 0.344. The summed E-state index contributed by atoms with van der Waals surface area (Å²) in [6.07, 6.45) is 0.978. The zero-order valence-corrected chi connectivity index (χ0v) is 23.5. The first-order valence-corrected chi connectivity index (χ1v) is 14.7. The van der Waals surface area contributed by atoms with Gasteiger partial charge in [0, 0.05) is 27.6 Å². The highest BCUT2D eigenvalue weighted by Crippen LogP contribution is 2.36. The van der Waals surface area contributed by atoms with Gasteiger partial charge in [0.15, 0.2) is 5.17 Å². The molecule has 0 aliphatic carbocycles. The topological polar surface area (TPSA) is 103 Å². The molecule has 200 valence electrons. The van der Waals surface area contributed by atoms with Gasteiger partial charge in [-0.1, -0.05) is 48.5 Å². The van der Waals surface area contributed by atoms with Gasteiger partial charge in [-0.3, -0.25) is 19.4 Å². The minimum atomic E-state index is -0.701. The van der Waals surface area contributed by atoms with Crippen molar-refractivity contribution in [2.24, 2.45) is 9.98 Å². The molecule has 8 nitrogen and oxygen atoms in total. The fourth-order valence-corrected chi connectivity index (χ4v) is 6.02. The number of amidine groups is 2. The Bertz CT molecular complexity index is 1440. The van der Waals surface area contributed by atoms with Gasteiger partial charge in [-0.25, -0.2) is 9.89 Å². The van der Waals surface area contributed by atoms with Crippen molar-refractivity contribution in [1.29, 1.82) is 0 Å². The molecule has 0 radical (unpaired) electrons. The van der Waals surface area contributed by atoms with Crippen LogP contribution in [0.2, 0.25) is 5.02 Å². The fraction of sp³-hybridized carbons (Fsp3) is 0.250. The summed E-state index contributed by atoms with van der Waals surface area (Å²) in [5.41, 5.74) is 2.07. The number of amides is 3. The van der Waals surface area contributed by atoms with Crippen LogP contribution in [0, 0.1) is 0 Å². The first kappa shape index (κ1) is 27.1. The monoisotopic (exact) mass is 579 g/mol. The second-order valence-electron chi connectivity index (χ2n) is 8.96. The van der Waals surface area contributed by atoms with Gasteiger partial charge >= 0.3 is 0 Å². The highest BCUT2D eigenvalue weighted by atomic mass is 35.5. The first-order valence-electron chi connectivity index (χ1n) is 12.5. The van der Waals surface area contributed by atoms with Crippen molar-refractivity contribution >= 4 is 74.8 Å². The maximum absolute atomic E-state index is 13.6. The Labute approximate surface area is 239 Å². The van der Waals surface area contributed by atoms with E-state index >= 15 is 0 Å². The number of benzene rings is 2. The minimum Gasteiger partial charge on any atom is -0.351 e. The molecule has 3 heterocycles. The van der Waals surface area contributed by atoms with Gasteiger partial charge in [-0.15, -0.1) is 11.3 Å². The number of anilines is 1. The maximum Gasteiger partial charge on any atom is 0.259 e. The highest BCUT2D eigenvalue weighted by molar-refractivity contribution is 8.15. The number of fused-ring (bicyclic) bond motifs is 3. The van der Waals surface area contributed by atoms with Crippen molar-refractivity contribution in [3.05, 3.63) is 81.5 Å². The molecular formula is C28H26ClN5O3S2. The zero-order valence-electron chi connectivity index (χ0n) is 21.1. The predicted molar refractivity (Wildman–Crippen MR) is 158 cm³/mol. The van der Waals surface area contributed by atoms with E-state index in [0.29, 0.717) is 40.4 Å². The Morgan fingerprint density at radius 1 is 1.13 bits per heavy atom. The number of nitrogens with zero attached hydrogens (tertiary/aromatic N) is 3. The molecule has 0 unspecified atom stereocenters. The summed E-state index contributed by atoms with van der Waals surface area (Å²) in [6.45, 7) is 2.38. The van der Waals surface area contributed by atoms with Crippen molar-refractivity contribution < 1.29 is 14.4 Å². The van der Waals surface area contributed by atoms with Crippen LogP contribution in [0.3, 0.4) is 0 Å². The molecule has 5 rings (SSSR count). The van der Waals surface area contributed by atoms with Gasteiger partial charge in [-0.2, -0.15) is 0 Å². The van der Waals surface area contributed by atoms with E-state index in [9.17, 15) is 14.4 Å². The van der Waals surface area contributed by atoms with E-state index in [1.54, 1.807) is 35.6 Å². The number of aliphatic imine (C=N–C) groups is 2. The third kappa shape index (κ3) is 6.24. The number of hydrogen-bond donors (Lipinski definition) is 2. The lowest BCUT2D eigenvalue weighted by molar-refractivity contribution is -0.125. The number of para-hydroxylation sites is 1. The molecule has 3 amide bonds. The molecule has 0 saturated carbocycles. The first-order chi connectivity index (χ1) is 18.9. The molecule has 0 spiro atoms. The van der Waals surface area contributed by atoms with Crippen LogP contribution >= 0.6 is 34.7 Å². The van der Waals surface area contributed by atoms with Crippen LogP contribution in [0.1, 0.15) is 36.6 Å². The largest absolute Gasteiger partial charge is 0.351 e. The zero-order chi connectivity index (χ0) is 27.4. The Morgan fingerprint density at radius 2 is 1.92 bits per heavy atom. The minimum absolute atomic E-state index is 0.130. The second kappa shape index (κ2) is 12.1. The Morgan fingerprint density at radius 3 is 2.67 bits per heavy atom. The van der Waals surface area contributed by atoms with Crippen LogP contribution < -0.4 is 10.6 Å². The lowest BCUT2D eigenvalue weighted by Gasteiger charge is -2.27. The summed E-state index contributed by atoms with van der Waals surface area (Å²) in [6, 6.07) is 17.6. The van der Waals surface area contributed by atoms with Crippen molar-refractivity contribution in [3.63, 3.8) is 0 Å². The maximum atomic E-state index is 13.6. The molecule has 2 aliphatic heterocycles. The number of nitrogens with one attached hydrogen (secondary N) is 2. The summed E-state index contributed by atoms with van der Waals surface area (Å²) in [5, 5.41) is 8.26. The van der Waals surface area contributed by atoms with Gasteiger partial charge < -0.3 is 10.6 Å². The van der Waals surface area contributed by atoms with Crippen molar-refractivity contribution in [1.82, 2.24) is 10.2 Å². The van der Waals surface area contributed by atoms with Crippen molar-refractivity contribution in [2.75, 3.05) is 5.32 Å². The molecule has 39 heavy (non-hydrogen) atoms. The number of hydrogen-bond acceptors (Lipinski definition) is 7. The van der Waals surface area contributed by atoms with Crippen LogP contribution in [-0.2, 0) is 20.9 Å². The molecule has 3 aromatic rings. The van der Waals surface area contributed by atoms with Gasteiger partial charge in [0.2, 0.25) is 11.8 Å². The lowest BCUT2D eigenvalue weighted by atomic mass is 10.1. The van der Waals surface area contributed by atoms with Crippen LogP contribution in [-0.4, -0.2) is 44.9 Å². The molecular weight excluding hydrogens is 554 g/mol. The summed E-state index contributed by atoms with van der Waals surface area (Å²) >= 11 is 8.77. The molecule has 0 saturated heterocycles. The molecule has 2 aromatic carbocycles. The average molecular weight is 580 g/mol. The smallest absolute Gasteiger partial charge is 0.259 e. The van der Waals surface area contributed by atoms with E-state index in [0.717, 1.165) is 10.4 Å². The molecule has 2 N–H and O–H groups in total. The third-order valence-electron chi connectivity index (χ3n) is 6.26. The van der Waals surface area contributed by atoms with Crippen LogP contribution in [0.25, 0.3) is 0 Å². The SMILES string of the molecule is CC[C@H](SC1=Nc2ccccc2C2=N[C@H](CCC(=O)NCc3cccs3)C(=O)N12)C(=O)Nc1ccc(Cl)cc1. The summed E-state index contributed by atoms with van der Waals surface area (Å²) < 4.78 is 0. The highest BCUT2D eigenvalue weighted by Gasteiger charge is 2.42. The van der Waals surface area contributed by atoms with E-state index in [-0.39, 0.29) is 30.6 Å². The summed E-state index contributed by atoms with van der Waals surface area (Å²) in [5.74, 6) is -0.0693. The Kier molecular flexibility index (Phi) is 8.44. The molecule has 2 atom stereocenters. The van der Waals surface area contributed by atoms with E-state index in [2.05, 4.69) is 10.6 Å². The Hall–Kier alpha value is -3.47. The number of thioether (sulfide) groups is 1. The summed E-state index contributed by atoms with van der Waals surface area (Å²) in [7, 11) is 0. The second-order valence-corrected chi connectivity index (χ2v) is 11.6. The molecule has 0 bridgehead atoms. The molecule has 1 aromatic heterocycles. The third-order valence-corrected chi connectivity index (χ3v) is 8.70. The van der Waals surface area contributed by atoms with Gasteiger partial charge in [0.1, 0.15) is 11.9 Å². The fourth-order valence-electron chi connectivity index (χ4n) is 4.23. The van der Waals surface area contributed by atoms with E-state index < -0.39 is 11.3 Å². The molecule has 2 aliphatic rings. The molecule has 0 fully saturated rings. The average Bonchev–Trinajstić information content (AvgIpc) is 3.58. The van der Waals surface area contributed by atoms with Crippen LogP contribution in [0.4, 0.5) is 11.4 Å². The molecule has 11 heteroatoms. The van der Waals surface area contributed by atoms with E-state index in [4.69, 9.17) is 21.6 Å². The van der Waals surface area contributed by atoms with E-state index in [1.165, 1.54) is 16.7 Å². The lowest BCUT2D eigenvalue weighted by Crippen LogP contribution is -2.42. The van der Waals surface area contributed by atoms with Crippen LogP contribution in [0.15, 0.2) is 76.0 Å². The van der Waals surface area contributed by atoms with Gasteiger partial charge in [0.25, 0.3) is 5.91 Å². The summed E-state index contributed by atoms with van der Waals surface area (Å²) in [4.78, 5) is 51.2. The number of rotatable bonds is 9. The number of carbonyl (C=O) groups is 3. The number of carbonyl (C=O) groups excluding carboxylic acids is 3. The standard InChI is InChI=1S/C28H26ClN5O3S2/c1-2-23(26(36)31-18-11-9-17(29)10-12-18)39-28-33-21-8-4-3-7-20(21)25-32-22(27(37)34(25)28)13-14-24(35)30-16-19-6-5-15-38-19/h3-12,15,22-23H,2,13-14,16H2,1H3,(H,30,35)(H,31,36)/t22-,23+/m1/s1. The number of halogens is 1. The Balaban J connectivity index is 1.30. The predicted octanol–water partition coefficient (Wildman–Crippen LogP) is 5.61. The van der Waals surface area contributed by atoms with Crippen molar-refractivity contribution in [3.8, 4) is 0 Å². The number of thiophene rings is 1. The van der Waals surface area contributed by atoms with Crippen molar-refractivity contribution in [2.45, 2.75) is 44.0 Å².